The summed E-state index contributed by atoms with van der Waals surface area (Å²) in [4.78, 5) is 9.85. The highest BCUT2D eigenvalue weighted by Gasteiger charge is 2.25. The second-order valence-electron chi connectivity index (χ2n) is 5.04. The lowest BCUT2D eigenvalue weighted by Gasteiger charge is -2.17. The molecule has 136 valence electrons. The van der Waals surface area contributed by atoms with Crippen LogP contribution in [0.5, 0.6) is 0 Å². The van der Waals surface area contributed by atoms with Crippen molar-refractivity contribution in [1.82, 2.24) is 4.31 Å². The molecule has 0 radical (unpaired) electrons. The Morgan fingerprint density at radius 2 is 1.92 bits per heavy atom. The molecule has 0 aliphatic rings. The second kappa shape index (κ2) is 7.90. The number of hydrogen-bond acceptors (Lipinski definition) is 5. The molecule has 0 fully saturated rings. The van der Waals surface area contributed by atoms with Gasteiger partial charge in [0.1, 0.15) is 10.7 Å². The Kier molecular flexibility index (Phi) is 6.69. The number of carbonyl (C=O) groups is 1. The predicted octanol–water partition coefficient (Wildman–Crippen LogP) is 1.07. The van der Waals surface area contributed by atoms with E-state index in [2.05, 4.69) is 4.72 Å². The van der Waals surface area contributed by atoms with Crippen molar-refractivity contribution < 1.29 is 31.1 Å². The van der Waals surface area contributed by atoms with E-state index in [1.54, 1.807) is 6.92 Å². The van der Waals surface area contributed by atoms with Gasteiger partial charge in [-0.15, -0.1) is 0 Å². The van der Waals surface area contributed by atoms with Gasteiger partial charge in [-0.2, -0.15) is 0 Å². The molecule has 2 N–H and O–H groups in total. The summed E-state index contributed by atoms with van der Waals surface area (Å²) < 4.78 is 64.7. The first-order chi connectivity index (χ1) is 11.0. The van der Waals surface area contributed by atoms with Crippen molar-refractivity contribution in [3.05, 3.63) is 24.0 Å². The summed E-state index contributed by atoms with van der Waals surface area (Å²) in [5.74, 6) is -2.46. The summed E-state index contributed by atoms with van der Waals surface area (Å²) in [7, 11) is -6.71. The van der Waals surface area contributed by atoms with Crippen LogP contribution in [0, 0.1) is 5.82 Å². The number of benzene rings is 1. The van der Waals surface area contributed by atoms with Crippen molar-refractivity contribution in [2.45, 2.75) is 24.7 Å². The fourth-order valence-corrected chi connectivity index (χ4v) is 4.15. The molecule has 0 bridgehead atoms. The van der Waals surface area contributed by atoms with E-state index >= 15 is 0 Å². The summed E-state index contributed by atoms with van der Waals surface area (Å²) in [6, 6.07) is 2.84. The molecule has 1 aromatic rings. The lowest BCUT2D eigenvalue weighted by molar-refractivity contribution is -0.137. The molecular formula is C13H19FN2O6S2. The third kappa shape index (κ3) is 5.42. The second-order valence-corrected chi connectivity index (χ2v) is 8.89. The van der Waals surface area contributed by atoms with Crippen molar-refractivity contribution in [2.24, 2.45) is 0 Å². The van der Waals surface area contributed by atoms with E-state index in [-0.39, 0.29) is 18.0 Å². The lowest BCUT2D eigenvalue weighted by Crippen LogP contribution is -2.30. The molecule has 0 aromatic heterocycles. The standard InChI is InChI=1S/C13H19FN2O6S2/c1-3-8-23(19,20)15-10-4-5-12(11(14)9-10)24(21,22)16(2)7-6-13(17)18/h4-5,9,15H,3,6-8H2,1-2H3,(H,17,18). The molecule has 0 aliphatic heterocycles. The maximum atomic E-state index is 14.1. The Morgan fingerprint density at radius 1 is 1.29 bits per heavy atom. The molecule has 0 atom stereocenters. The molecule has 0 saturated carbocycles. The van der Waals surface area contributed by atoms with Gasteiger partial charge in [0.2, 0.25) is 20.0 Å². The zero-order chi connectivity index (χ0) is 18.5. The molecule has 0 heterocycles. The largest absolute Gasteiger partial charge is 0.481 e. The van der Waals surface area contributed by atoms with E-state index in [1.165, 1.54) is 0 Å². The molecule has 0 aliphatic carbocycles. The Balaban J connectivity index is 3.04. The number of nitrogens with zero attached hydrogens (tertiary/aromatic N) is 1. The van der Waals surface area contributed by atoms with Crippen LogP contribution in [-0.2, 0) is 24.8 Å². The smallest absolute Gasteiger partial charge is 0.304 e. The number of aliphatic carboxylic acids is 1. The van der Waals surface area contributed by atoms with Crippen LogP contribution in [0.2, 0.25) is 0 Å². The highest BCUT2D eigenvalue weighted by Crippen LogP contribution is 2.22. The minimum atomic E-state index is -4.22. The van der Waals surface area contributed by atoms with Gasteiger partial charge in [-0.25, -0.2) is 25.5 Å². The fourth-order valence-electron chi connectivity index (χ4n) is 1.81. The number of halogens is 1. The zero-order valence-electron chi connectivity index (χ0n) is 13.2. The summed E-state index contributed by atoms with van der Waals surface area (Å²) >= 11 is 0. The maximum absolute atomic E-state index is 14.1. The highest BCUT2D eigenvalue weighted by atomic mass is 32.2. The van der Waals surface area contributed by atoms with Crippen molar-refractivity contribution in [3.8, 4) is 0 Å². The quantitative estimate of drug-likeness (QED) is 0.659. The van der Waals surface area contributed by atoms with Crippen molar-refractivity contribution in [3.63, 3.8) is 0 Å². The average Bonchev–Trinajstić information content (AvgIpc) is 2.43. The summed E-state index contributed by atoms with van der Waals surface area (Å²) in [6.07, 6.45) is -0.0507. The number of sulfonamides is 2. The Hall–Kier alpha value is -1.72. The average molecular weight is 382 g/mol. The Bertz CT molecular complexity index is 808. The molecule has 11 heteroatoms. The van der Waals surface area contributed by atoms with Gasteiger partial charge in [-0.1, -0.05) is 6.92 Å². The highest BCUT2D eigenvalue weighted by molar-refractivity contribution is 7.92. The number of hydrogen-bond donors (Lipinski definition) is 2. The molecule has 0 spiro atoms. The molecule has 0 unspecified atom stereocenters. The first kappa shape index (κ1) is 20.3. The van der Waals surface area contributed by atoms with Crippen LogP contribution in [0.4, 0.5) is 10.1 Å². The van der Waals surface area contributed by atoms with Crippen molar-refractivity contribution in [2.75, 3.05) is 24.1 Å². The Morgan fingerprint density at radius 3 is 2.42 bits per heavy atom. The van der Waals surface area contributed by atoms with Gasteiger partial charge in [0, 0.05) is 13.6 Å². The van der Waals surface area contributed by atoms with Gasteiger partial charge in [0.05, 0.1) is 17.9 Å². The third-order valence-corrected chi connectivity index (χ3v) is 6.39. The number of anilines is 1. The normalized spacial score (nSPS) is 12.3. The Labute approximate surface area is 140 Å². The van der Waals surface area contributed by atoms with Gasteiger partial charge in [-0.3, -0.25) is 9.52 Å². The number of rotatable bonds is 9. The minimum absolute atomic E-state index is 0.0897. The van der Waals surface area contributed by atoms with Crippen LogP contribution in [0.3, 0.4) is 0 Å². The molecular weight excluding hydrogens is 363 g/mol. The SMILES string of the molecule is CCCS(=O)(=O)Nc1ccc(S(=O)(=O)N(C)CCC(=O)O)c(F)c1. The van der Waals surface area contributed by atoms with Crippen LogP contribution in [0.15, 0.2) is 23.1 Å². The van der Waals surface area contributed by atoms with Crippen LogP contribution < -0.4 is 4.72 Å². The van der Waals surface area contributed by atoms with Crippen LogP contribution in [0.1, 0.15) is 19.8 Å². The number of carboxylic acids is 1. The van der Waals surface area contributed by atoms with E-state index in [0.29, 0.717) is 6.42 Å². The molecule has 24 heavy (non-hydrogen) atoms. The first-order valence-electron chi connectivity index (χ1n) is 6.98. The topological polar surface area (TPSA) is 121 Å². The van der Waals surface area contributed by atoms with Crippen molar-refractivity contribution >= 4 is 31.7 Å². The fraction of sp³-hybridized carbons (Fsp3) is 0.462. The number of carboxylic acid groups (broad SMARTS) is 1. The minimum Gasteiger partial charge on any atom is -0.481 e. The predicted molar refractivity (Wildman–Crippen MR) is 86.2 cm³/mol. The lowest BCUT2D eigenvalue weighted by atomic mass is 10.3. The van der Waals surface area contributed by atoms with Gasteiger partial charge in [-0.05, 0) is 24.6 Å². The summed E-state index contributed by atoms with van der Waals surface area (Å²) in [5, 5.41) is 8.58. The van der Waals surface area contributed by atoms with E-state index < -0.39 is 43.1 Å². The monoisotopic (exact) mass is 382 g/mol. The first-order valence-corrected chi connectivity index (χ1v) is 10.1. The van der Waals surface area contributed by atoms with Gasteiger partial charge in [0.15, 0.2) is 0 Å². The van der Waals surface area contributed by atoms with Crippen molar-refractivity contribution in [1.29, 1.82) is 0 Å². The van der Waals surface area contributed by atoms with Gasteiger partial charge < -0.3 is 5.11 Å². The van der Waals surface area contributed by atoms with Crippen LogP contribution in [-0.4, -0.2) is 51.6 Å². The van der Waals surface area contributed by atoms with E-state index in [4.69, 9.17) is 5.11 Å². The maximum Gasteiger partial charge on any atom is 0.304 e. The van der Waals surface area contributed by atoms with E-state index in [1.807, 2.05) is 0 Å². The van der Waals surface area contributed by atoms with E-state index in [0.717, 1.165) is 29.6 Å². The van der Waals surface area contributed by atoms with Gasteiger partial charge >= 0.3 is 5.97 Å². The summed E-state index contributed by atoms with van der Waals surface area (Å²) in [6.45, 7) is 1.35. The molecule has 1 aromatic carbocycles. The summed E-state index contributed by atoms with van der Waals surface area (Å²) in [5.41, 5.74) is -0.0897. The molecule has 0 amide bonds. The number of nitrogens with one attached hydrogen (secondary N) is 1. The zero-order valence-corrected chi connectivity index (χ0v) is 14.8. The third-order valence-electron chi connectivity index (χ3n) is 3.01. The molecule has 0 saturated heterocycles. The van der Waals surface area contributed by atoms with Crippen LogP contribution in [0.25, 0.3) is 0 Å². The molecule has 8 nitrogen and oxygen atoms in total. The van der Waals surface area contributed by atoms with Gasteiger partial charge in [0.25, 0.3) is 0 Å². The molecule has 1 rings (SSSR count). The van der Waals surface area contributed by atoms with E-state index in [9.17, 15) is 26.0 Å². The van der Waals surface area contributed by atoms with Crippen LogP contribution >= 0.6 is 0 Å².